The summed E-state index contributed by atoms with van der Waals surface area (Å²) in [5, 5.41) is 4.82. The highest BCUT2D eigenvalue weighted by molar-refractivity contribution is 8.14. The van der Waals surface area contributed by atoms with Crippen LogP contribution in [0.25, 0.3) is 0 Å². The Labute approximate surface area is 104 Å². The average molecular weight is 240 g/mol. The summed E-state index contributed by atoms with van der Waals surface area (Å²) in [5.41, 5.74) is 0.514. The standard InChI is InChI=1S/C13H24N2S/c1-4-7-12(2,3)14-11-15-13(10-16-11)8-5-6-9-13/h4-10H2,1-3H3,(H,14,15). The second-order valence-electron chi connectivity index (χ2n) is 5.90. The molecule has 2 nitrogen and oxygen atoms in total. The molecule has 0 amide bonds. The molecule has 16 heavy (non-hydrogen) atoms. The van der Waals surface area contributed by atoms with Crippen molar-refractivity contribution >= 4 is 16.9 Å². The summed E-state index contributed by atoms with van der Waals surface area (Å²) < 4.78 is 0. The Morgan fingerprint density at radius 3 is 2.69 bits per heavy atom. The van der Waals surface area contributed by atoms with Crippen LogP contribution < -0.4 is 5.32 Å². The Morgan fingerprint density at radius 2 is 2.06 bits per heavy atom. The number of amidine groups is 1. The predicted octanol–water partition coefficient (Wildman–Crippen LogP) is 3.57. The molecule has 0 bridgehead atoms. The molecule has 1 aliphatic carbocycles. The monoisotopic (exact) mass is 240 g/mol. The summed E-state index contributed by atoms with van der Waals surface area (Å²) in [4.78, 5) is 4.95. The Bertz CT molecular complexity index is 278. The third-order valence-corrected chi connectivity index (χ3v) is 4.82. The molecular formula is C13H24N2S. The first kappa shape index (κ1) is 12.3. The highest BCUT2D eigenvalue weighted by atomic mass is 32.2. The zero-order valence-corrected chi connectivity index (χ0v) is 11.6. The molecule has 0 unspecified atom stereocenters. The van der Waals surface area contributed by atoms with E-state index in [1.165, 1.54) is 49.4 Å². The van der Waals surface area contributed by atoms with Crippen LogP contribution >= 0.6 is 11.8 Å². The topological polar surface area (TPSA) is 24.4 Å². The molecule has 0 saturated heterocycles. The van der Waals surface area contributed by atoms with E-state index in [2.05, 4.69) is 26.1 Å². The third kappa shape index (κ3) is 2.73. The van der Waals surface area contributed by atoms with Crippen molar-refractivity contribution in [3.8, 4) is 0 Å². The number of aliphatic imine (C=N–C) groups is 1. The van der Waals surface area contributed by atoms with Crippen molar-refractivity contribution < 1.29 is 0 Å². The van der Waals surface area contributed by atoms with Crippen LogP contribution in [-0.4, -0.2) is 22.0 Å². The van der Waals surface area contributed by atoms with Gasteiger partial charge in [-0.25, -0.2) is 0 Å². The predicted molar refractivity (Wildman–Crippen MR) is 73.2 cm³/mol. The fourth-order valence-electron chi connectivity index (χ4n) is 2.81. The van der Waals surface area contributed by atoms with Crippen molar-refractivity contribution in [2.75, 3.05) is 5.75 Å². The van der Waals surface area contributed by atoms with E-state index in [-0.39, 0.29) is 5.54 Å². The molecule has 1 N–H and O–H groups in total. The summed E-state index contributed by atoms with van der Waals surface area (Å²) >= 11 is 1.93. The largest absolute Gasteiger partial charge is 0.360 e. The molecule has 2 rings (SSSR count). The third-order valence-electron chi connectivity index (χ3n) is 3.67. The van der Waals surface area contributed by atoms with Crippen LogP contribution in [0, 0.1) is 0 Å². The molecule has 0 aromatic carbocycles. The van der Waals surface area contributed by atoms with E-state index in [4.69, 9.17) is 4.99 Å². The highest BCUT2D eigenvalue weighted by Gasteiger charge is 2.39. The van der Waals surface area contributed by atoms with Gasteiger partial charge in [-0.2, -0.15) is 0 Å². The second kappa shape index (κ2) is 4.59. The van der Waals surface area contributed by atoms with Crippen molar-refractivity contribution in [2.24, 2.45) is 4.99 Å². The maximum atomic E-state index is 4.95. The van der Waals surface area contributed by atoms with Crippen molar-refractivity contribution in [3.63, 3.8) is 0 Å². The van der Waals surface area contributed by atoms with Crippen LogP contribution in [-0.2, 0) is 0 Å². The first-order chi connectivity index (χ1) is 7.55. The summed E-state index contributed by atoms with van der Waals surface area (Å²) in [5.74, 6) is 1.21. The lowest BCUT2D eigenvalue weighted by molar-refractivity contribution is 0.420. The molecule has 1 spiro atoms. The number of hydrogen-bond acceptors (Lipinski definition) is 3. The Morgan fingerprint density at radius 1 is 1.38 bits per heavy atom. The van der Waals surface area contributed by atoms with E-state index in [9.17, 15) is 0 Å². The van der Waals surface area contributed by atoms with Crippen LogP contribution in [0.4, 0.5) is 0 Å². The Hall–Kier alpha value is -0.180. The van der Waals surface area contributed by atoms with E-state index in [1.807, 2.05) is 11.8 Å². The van der Waals surface area contributed by atoms with Crippen LogP contribution in [0.5, 0.6) is 0 Å². The van der Waals surface area contributed by atoms with Gasteiger partial charge < -0.3 is 5.32 Å². The molecule has 0 aromatic heterocycles. The van der Waals surface area contributed by atoms with Crippen molar-refractivity contribution in [1.29, 1.82) is 0 Å². The number of nitrogens with zero attached hydrogens (tertiary/aromatic N) is 1. The minimum Gasteiger partial charge on any atom is -0.360 e. The molecule has 1 heterocycles. The normalized spacial score (nSPS) is 23.8. The van der Waals surface area contributed by atoms with Gasteiger partial charge in [0.25, 0.3) is 0 Å². The van der Waals surface area contributed by atoms with Crippen molar-refractivity contribution in [1.82, 2.24) is 5.32 Å². The molecule has 1 fully saturated rings. The van der Waals surface area contributed by atoms with Gasteiger partial charge in [0.05, 0.1) is 5.54 Å². The average Bonchev–Trinajstić information content (AvgIpc) is 2.77. The maximum Gasteiger partial charge on any atom is 0.157 e. The van der Waals surface area contributed by atoms with E-state index < -0.39 is 0 Å². The van der Waals surface area contributed by atoms with Gasteiger partial charge >= 0.3 is 0 Å². The quantitative estimate of drug-likeness (QED) is 0.815. The molecule has 92 valence electrons. The molecule has 0 aromatic rings. The zero-order valence-electron chi connectivity index (χ0n) is 10.8. The zero-order chi connectivity index (χ0) is 11.6. The maximum absolute atomic E-state index is 4.95. The molecule has 0 radical (unpaired) electrons. The van der Waals surface area contributed by atoms with Crippen LogP contribution in [0.15, 0.2) is 4.99 Å². The van der Waals surface area contributed by atoms with Gasteiger partial charge in [-0.05, 0) is 33.1 Å². The Balaban J connectivity index is 1.96. The lowest BCUT2D eigenvalue weighted by atomic mass is 9.99. The molecule has 1 aliphatic heterocycles. The van der Waals surface area contributed by atoms with Gasteiger partial charge in [0.1, 0.15) is 0 Å². The molecule has 3 heteroatoms. The number of rotatable bonds is 3. The Kier molecular flexibility index (Phi) is 3.53. The van der Waals surface area contributed by atoms with Gasteiger partial charge in [0.2, 0.25) is 0 Å². The van der Waals surface area contributed by atoms with E-state index in [0.29, 0.717) is 5.54 Å². The van der Waals surface area contributed by atoms with Crippen molar-refractivity contribution in [2.45, 2.75) is 70.4 Å². The first-order valence-corrected chi connectivity index (χ1v) is 7.55. The van der Waals surface area contributed by atoms with E-state index in [1.54, 1.807) is 0 Å². The highest BCUT2D eigenvalue weighted by Crippen LogP contribution is 2.41. The number of nitrogens with one attached hydrogen (secondary N) is 1. The van der Waals surface area contributed by atoms with Gasteiger partial charge in [-0.1, -0.05) is 37.9 Å². The smallest absolute Gasteiger partial charge is 0.157 e. The SMILES string of the molecule is CCCC(C)(C)NC1=NC2(CCCC2)CS1. The van der Waals surface area contributed by atoms with Crippen LogP contribution in [0.3, 0.4) is 0 Å². The van der Waals surface area contributed by atoms with Gasteiger partial charge in [0, 0.05) is 11.3 Å². The van der Waals surface area contributed by atoms with E-state index in [0.717, 1.165) is 0 Å². The summed E-state index contributed by atoms with van der Waals surface area (Å²) in [6, 6.07) is 0. The molecule has 1 saturated carbocycles. The minimum atomic E-state index is 0.199. The van der Waals surface area contributed by atoms with Gasteiger partial charge in [0.15, 0.2) is 5.17 Å². The van der Waals surface area contributed by atoms with Crippen LogP contribution in [0.2, 0.25) is 0 Å². The first-order valence-electron chi connectivity index (χ1n) is 6.56. The molecule has 0 atom stereocenters. The van der Waals surface area contributed by atoms with Crippen molar-refractivity contribution in [3.05, 3.63) is 0 Å². The summed E-state index contributed by atoms with van der Waals surface area (Å²) in [6.07, 6.45) is 7.78. The van der Waals surface area contributed by atoms with E-state index >= 15 is 0 Å². The van der Waals surface area contributed by atoms with Gasteiger partial charge in [-0.15, -0.1) is 0 Å². The minimum absolute atomic E-state index is 0.199. The van der Waals surface area contributed by atoms with Crippen LogP contribution in [0.1, 0.15) is 59.3 Å². The number of hydrogen-bond donors (Lipinski definition) is 1. The summed E-state index contributed by atoms with van der Waals surface area (Å²) in [7, 11) is 0. The second-order valence-corrected chi connectivity index (χ2v) is 6.86. The fraction of sp³-hybridized carbons (Fsp3) is 0.923. The molecule has 2 aliphatic rings. The number of thioether (sulfide) groups is 1. The fourth-order valence-corrected chi connectivity index (χ4v) is 4.18. The van der Waals surface area contributed by atoms with Gasteiger partial charge in [-0.3, -0.25) is 4.99 Å². The lowest BCUT2D eigenvalue weighted by Gasteiger charge is -2.26. The molecular weight excluding hydrogens is 216 g/mol. The summed E-state index contributed by atoms with van der Waals surface area (Å²) in [6.45, 7) is 6.80. The lowest BCUT2D eigenvalue weighted by Crippen LogP contribution is -2.41.